The molecule has 0 spiro atoms. The molecule has 29 heavy (non-hydrogen) atoms. The number of unbranched alkanes of at least 4 members (excludes halogenated alkanes) is 2. The molecule has 0 aliphatic heterocycles. The third-order valence-electron chi connectivity index (χ3n) is 4.04. The summed E-state index contributed by atoms with van der Waals surface area (Å²) >= 11 is 3.33. The van der Waals surface area contributed by atoms with Crippen LogP contribution in [0.2, 0.25) is 0 Å². The number of hydrogen-bond donors (Lipinski definition) is 3. The average molecular weight is 459 g/mol. The summed E-state index contributed by atoms with van der Waals surface area (Å²) in [5, 5.41) is 14.1. The number of hydrogen-bond acceptors (Lipinski definition) is 3. The summed E-state index contributed by atoms with van der Waals surface area (Å²) in [6.45, 7) is 0.400. The summed E-state index contributed by atoms with van der Waals surface area (Å²) in [5.41, 5.74) is 1.36. The van der Waals surface area contributed by atoms with Crippen LogP contribution in [0.25, 0.3) is 6.08 Å². The maximum absolute atomic E-state index is 12.6. The largest absolute Gasteiger partial charge is 0.481 e. The van der Waals surface area contributed by atoms with Gasteiger partial charge in [0.2, 0.25) is 0 Å². The van der Waals surface area contributed by atoms with Gasteiger partial charge in [0.15, 0.2) is 0 Å². The lowest BCUT2D eigenvalue weighted by atomic mass is 10.1. The van der Waals surface area contributed by atoms with Crippen molar-refractivity contribution >= 4 is 39.8 Å². The van der Waals surface area contributed by atoms with E-state index >= 15 is 0 Å². The summed E-state index contributed by atoms with van der Waals surface area (Å²) < 4.78 is 0.768. The second-order valence-corrected chi connectivity index (χ2v) is 7.31. The first-order chi connectivity index (χ1) is 14.0. The molecule has 2 aromatic rings. The fourth-order valence-corrected chi connectivity index (χ4v) is 2.97. The topological polar surface area (TPSA) is 95.5 Å². The molecule has 2 aromatic carbocycles. The number of carboxylic acids is 1. The molecule has 0 unspecified atom stereocenters. The minimum atomic E-state index is -0.822. The van der Waals surface area contributed by atoms with Crippen molar-refractivity contribution < 1.29 is 19.5 Å². The van der Waals surface area contributed by atoms with Gasteiger partial charge in [0, 0.05) is 23.0 Å². The lowest BCUT2D eigenvalue weighted by molar-refractivity contribution is -0.137. The number of nitrogens with one attached hydrogen (secondary N) is 2. The SMILES string of the molecule is O=C(O)CCCCCNC(=O)/C(=C/c1ccccc1)NC(=O)c1cccc(Br)c1. The highest BCUT2D eigenvalue weighted by Crippen LogP contribution is 2.13. The molecule has 0 heterocycles. The Bertz CT molecular complexity index is 881. The Kier molecular flexibility index (Phi) is 9.11. The molecule has 0 aliphatic carbocycles. The van der Waals surface area contributed by atoms with E-state index in [4.69, 9.17) is 5.11 Å². The van der Waals surface area contributed by atoms with E-state index in [0.29, 0.717) is 31.4 Å². The monoisotopic (exact) mass is 458 g/mol. The highest BCUT2D eigenvalue weighted by atomic mass is 79.9. The number of amides is 2. The quantitative estimate of drug-likeness (QED) is 0.370. The Labute approximate surface area is 178 Å². The van der Waals surface area contributed by atoms with Crippen molar-refractivity contribution in [2.75, 3.05) is 6.54 Å². The molecular weight excluding hydrogens is 436 g/mol. The summed E-state index contributed by atoms with van der Waals surface area (Å²) in [6.07, 6.45) is 3.68. The van der Waals surface area contributed by atoms with Gasteiger partial charge in [-0.1, -0.05) is 58.7 Å². The van der Waals surface area contributed by atoms with Gasteiger partial charge in [-0.25, -0.2) is 0 Å². The van der Waals surface area contributed by atoms with E-state index in [9.17, 15) is 14.4 Å². The van der Waals surface area contributed by atoms with Gasteiger partial charge in [0.25, 0.3) is 11.8 Å². The lowest BCUT2D eigenvalue weighted by Gasteiger charge is -2.11. The van der Waals surface area contributed by atoms with Gasteiger partial charge in [-0.05, 0) is 42.7 Å². The van der Waals surface area contributed by atoms with Gasteiger partial charge in [0.05, 0.1) is 0 Å². The van der Waals surface area contributed by atoms with Crippen molar-refractivity contribution in [1.29, 1.82) is 0 Å². The number of benzene rings is 2. The van der Waals surface area contributed by atoms with Gasteiger partial charge >= 0.3 is 5.97 Å². The third-order valence-corrected chi connectivity index (χ3v) is 4.54. The standard InChI is InChI=1S/C22H23BrN2O4/c23-18-11-7-10-17(15-18)21(28)25-19(14-16-8-3-1-4-9-16)22(29)24-13-6-2-5-12-20(26)27/h1,3-4,7-11,14-15H,2,5-6,12-13H2,(H,24,29)(H,25,28)(H,26,27)/b19-14-. The highest BCUT2D eigenvalue weighted by Gasteiger charge is 2.14. The summed E-state index contributed by atoms with van der Waals surface area (Å²) in [6, 6.07) is 16.1. The molecule has 0 atom stereocenters. The van der Waals surface area contributed by atoms with Gasteiger partial charge in [-0.15, -0.1) is 0 Å². The van der Waals surface area contributed by atoms with Crippen LogP contribution in [-0.4, -0.2) is 29.4 Å². The molecule has 0 aliphatic rings. The van der Waals surface area contributed by atoms with Gasteiger partial charge in [-0.2, -0.15) is 0 Å². The van der Waals surface area contributed by atoms with E-state index < -0.39 is 11.9 Å². The minimum Gasteiger partial charge on any atom is -0.481 e. The first-order valence-electron chi connectivity index (χ1n) is 9.29. The molecule has 2 rings (SSSR count). The Hall–Kier alpha value is -2.93. The van der Waals surface area contributed by atoms with E-state index in [1.807, 2.05) is 36.4 Å². The first kappa shape index (κ1) is 22.4. The molecule has 3 N–H and O–H groups in total. The summed E-state index contributed by atoms with van der Waals surface area (Å²) in [5.74, 6) is -1.60. The number of rotatable bonds is 10. The van der Waals surface area contributed by atoms with E-state index in [1.54, 1.807) is 24.3 Å². The zero-order valence-electron chi connectivity index (χ0n) is 15.9. The van der Waals surface area contributed by atoms with Crippen LogP contribution < -0.4 is 10.6 Å². The zero-order chi connectivity index (χ0) is 21.1. The summed E-state index contributed by atoms with van der Waals surface area (Å²) in [4.78, 5) is 35.7. The first-order valence-corrected chi connectivity index (χ1v) is 10.1. The molecule has 7 heteroatoms. The number of halogens is 1. The van der Waals surface area contributed by atoms with Crippen LogP contribution in [-0.2, 0) is 9.59 Å². The van der Waals surface area contributed by atoms with Crippen LogP contribution in [0.5, 0.6) is 0 Å². The lowest BCUT2D eigenvalue weighted by Crippen LogP contribution is -2.35. The second kappa shape index (κ2) is 11.8. The average Bonchev–Trinajstić information content (AvgIpc) is 2.70. The molecule has 0 radical (unpaired) electrons. The number of carboxylic acid groups (broad SMARTS) is 1. The fourth-order valence-electron chi connectivity index (χ4n) is 2.57. The minimum absolute atomic E-state index is 0.121. The van der Waals surface area contributed by atoms with Crippen molar-refractivity contribution in [2.24, 2.45) is 0 Å². The van der Waals surface area contributed by atoms with E-state index in [-0.39, 0.29) is 18.0 Å². The third kappa shape index (κ3) is 8.31. The van der Waals surface area contributed by atoms with Crippen LogP contribution in [0.15, 0.2) is 64.8 Å². The van der Waals surface area contributed by atoms with Gasteiger partial charge in [-0.3, -0.25) is 14.4 Å². The van der Waals surface area contributed by atoms with Crippen LogP contribution in [0.3, 0.4) is 0 Å². The van der Waals surface area contributed by atoms with Crippen LogP contribution in [0, 0.1) is 0 Å². The fraction of sp³-hybridized carbons (Fsp3) is 0.227. The summed E-state index contributed by atoms with van der Waals surface area (Å²) in [7, 11) is 0. The molecule has 2 amide bonds. The van der Waals surface area contributed by atoms with Crippen LogP contribution in [0.1, 0.15) is 41.6 Å². The number of aliphatic carboxylic acids is 1. The molecule has 0 aromatic heterocycles. The van der Waals surface area contributed by atoms with E-state index in [2.05, 4.69) is 26.6 Å². The van der Waals surface area contributed by atoms with Crippen molar-refractivity contribution in [2.45, 2.75) is 25.7 Å². The molecule has 152 valence electrons. The Morgan fingerprint density at radius 1 is 0.966 bits per heavy atom. The molecule has 0 saturated heterocycles. The van der Waals surface area contributed by atoms with E-state index in [0.717, 1.165) is 10.0 Å². The molecule has 6 nitrogen and oxygen atoms in total. The van der Waals surface area contributed by atoms with Crippen LogP contribution in [0.4, 0.5) is 0 Å². The van der Waals surface area contributed by atoms with E-state index in [1.165, 1.54) is 0 Å². The molecule has 0 fully saturated rings. The Balaban J connectivity index is 2.03. The number of carbonyl (C=O) groups is 3. The molecule has 0 saturated carbocycles. The highest BCUT2D eigenvalue weighted by molar-refractivity contribution is 9.10. The Morgan fingerprint density at radius 2 is 1.72 bits per heavy atom. The molecular formula is C22H23BrN2O4. The second-order valence-electron chi connectivity index (χ2n) is 6.39. The van der Waals surface area contributed by atoms with Gasteiger partial charge < -0.3 is 15.7 Å². The maximum Gasteiger partial charge on any atom is 0.303 e. The maximum atomic E-state index is 12.6. The van der Waals surface area contributed by atoms with Crippen LogP contribution >= 0.6 is 15.9 Å². The predicted molar refractivity (Wildman–Crippen MR) is 115 cm³/mol. The van der Waals surface area contributed by atoms with Crippen molar-refractivity contribution in [3.8, 4) is 0 Å². The zero-order valence-corrected chi connectivity index (χ0v) is 17.4. The molecule has 0 bridgehead atoms. The Morgan fingerprint density at radius 3 is 2.41 bits per heavy atom. The normalized spacial score (nSPS) is 11.0. The van der Waals surface area contributed by atoms with Crippen molar-refractivity contribution in [3.05, 3.63) is 75.9 Å². The number of carbonyl (C=O) groups excluding carboxylic acids is 2. The predicted octanol–water partition coefficient (Wildman–Crippen LogP) is 3.98. The van der Waals surface area contributed by atoms with Gasteiger partial charge in [0.1, 0.15) is 5.70 Å². The smallest absolute Gasteiger partial charge is 0.303 e. The van der Waals surface area contributed by atoms with Crippen molar-refractivity contribution in [3.63, 3.8) is 0 Å². The van der Waals surface area contributed by atoms with Crippen molar-refractivity contribution in [1.82, 2.24) is 10.6 Å².